The first-order valence-electron chi connectivity index (χ1n) is 8.87. The molecule has 0 spiro atoms. The van der Waals surface area contributed by atoms with Crippen LogP contribution in [0.1, 0.15) is 31.2 Å². The van der Waals surface area contributed by atoms with Gasteiger partial charge in [-0.3, -0.25) is 0 Å². The summed E-state index contributed by atoms with van der Waals surface area (Å²) in [5.74, 6) is 0. The minimum Gasteiger partial charge on any atom is -0.237 e. The Hall–Kier alpha value is -1.76. The molecule has 0 amide bonds. The molecule has 0 aliphatic heterocycles. The van der Waals surface area contributed by atoms with Crippen molar-refractivity contribution in [2.75, 3.05) is 14.1 Å². The van der Waals surface area contributed by atoms with Crippen molar-refractivity contribution in [2.24, 2.45) is 0 Å². The van der Waals surface area contributed by atoms with Crippen molar-refractivity contribution in [3.63, 3.8) is 0 Å². The summed E-state index contributed by atoms with van der Waals surface area (Å²) < 4.78 is 44.0. The highest BCUT2D eigenvalue weighted by molar-refractivity contribution is 7.87. The predicted octanol–water partition coefficient (Wildman–Crippen LogP) is 3.86. The maximum Gasteiger partial charge on any atom is 0.279 e. The Morgan fingerprint density at radius 2 is 1.62 bits per heavy atom. The minimum atomic E-state index is -3.68. The second kappa shape index (κ2) is 7.47. The fraction of sp³-hybridized carbons (Fsp3) is 0.400. The number of benzene rings is 2. The standard InChI is InChI=1S/C20H25FN2O2S/c1-23(2)26(24,25)22-19-10-6-7-15-20(19,21)18-13-11-17(12-14-18)16-8-4-3-5-9-16/h3-5,8-9,11-14,19,22H,6-7,10,15H2,1-2H3/t19-,20-/m1/s1. The molecule has 0 saturated heterocycles. The van der Waals surface area contributed by atoms with Crippen LogP contribution in [0.4, 0.5) is 4.39 Å². The van der Waals surface area contributed by atoms with Gasteiger partial charge in [-0.05, 0) is 36.0 Å². The lowest BCUT2D eigenvalue weighted by molar-refractivity contribution is 0.0706. The molecule has 1 aliphatic rings. The maximum atomic E-state index is 16.0. The van der Waals surface area contributed by atoms with E-state index in [0.717, 1.165) is 28.3 Å². The monoisotopic (exact) mass is 376 g/mol. The minimum absolute atomic E-state index is 0.318. The Kier molecular flexibility index (Phi) is 5.46. The van der Waals surface area contributed by atoms with Gasteiger partial charge in [0.1, 0.15) is 0 Å². The van der Waals surface area contributed by atoms with E-state index in [2.05, 4.69) is 4.72 Å². The lowest BCUT2D eigenvalue weighted by atomic mass is 9.77. The molecule has 3 rings (SSSR count). The summed E-state index contributed by atoms with van der Waals surface area (Å²) in [6.07, 6.45) is 2.37. The molecule has 2 aromatic carbocycles. The molecule has 0 radical (unpaired) electrons. The van der Waals surface area contributed by atoms with Crippen LogP contribution in [-0.2, 0) is 15.9 Å². The molecule has 1 saturated carbocycles. The van der Waals surface area contributed by atoms with Crippen molar-refractivity contribution < 1.29 is 12.8 Å². The summed E-state index contributed by atoms with van der Waals surface area (Å²) in [5, 5.41) is 0. The van der Waals surface area contributed by atoms with Crippen molar-refractivity contribution >= 4 is 10.2 Å². The highest BCUT2D eigenvalue weighted by Gasteiger charge is 2.44. The summed E-state index contributed by atoms with van der Waals surface area (Å²) in [5.41, 5.74) is 0.916. The molecule has 2 aromatic rings. The van der Waals surface area contributed by atoms with Crippen LogP contribution >= 0.6 is 0 Å². The van der Waals surface area contributed by atoms with E-state index >= 15 is 4.39 Å². The third-order valence-corrected chi connectivity index (χ3v) is 6.62. The van der Waals surface area contributed by atoms with Gasteiger partial charge in [0, 0.05) is 14.1 Å². The number of hydrogen-bond acceptors (Lipinski definition) is 2. The Bertz CT molecular complexity index is 838. The second-order valence-electron chi connectivity index (χ2n) is 7.01. The van der Waals surface area contributed by atoms with E-state index in [9.17, 15) is 8.42 Å². The topological polar surface area (TPSA) is 49.4 Å². The van der Waals surface area contributed by atoms with E-state index in [1.54, 1.807) is 12.1 Å². The molecule has 1 fully saturated rings. The Morgan fingerprint density at radius 1 is 1.00 bits per heavy atom. The van der Waals surface area contributed by atoms with Crippen LogP contribution in [-0.4, -0.2) is 32.9 Å². The molecule has 1 aliphatic carbocycles. The van der Waals surface area contributed by atoms with Crippen LogP contribution in [0.5, 0.6) is 0 Å². The molecule has 6 heteroatoms. The summed E-state index contributed by atoms with van der Waals surface area (Å²) >= 11 is 0. The van der Waals surface area contributed by atoms with Gasteiger partial charge >= 0.3 is 0 Å². The van der Waals surface area contributed by atoms with E-state index in [1.807, 2.05) is 42.5 Å². The lowest BCUT2D eigenvalue weighted by Gasteiger charge is -2.38. The molecule has 4 nitrogen and oxygen atoms in total. The fourth-order valence-electron chi connectivity index (χ4n) is 3.49. The van der Waals surface area contributed by atoms with Gasteiger partial charge in [0.05, 0.1) is 6.04 Å². The third-order valence-electron chi connectivity index (χ3n) is 5.08. The Balaban J connectivity index is 1.89. The smallest absolute Gasteiger partial charge is 0.237 e. The summed E-state index contributed by atoms with van der Waals surface area (Å²) in [6, 6.07) is 16.5. The number of nitrogens with one attached hydrogen (secondary N) is 1. The molecule has 26 heavy (non-hydrogen) atoms. The predicted molar refractivity (Wildman–Crippen MR) is 103 cm³/mol. The van der Waals surface area contributed by atoms with Crippen molar-refractivity contribution in [1.29, 1.82) is 0 Å². The molecule has 0 unspecified atom stereocenters. The number of nitrogens with zero attached hydrogens (tertiary/aromatic N) is 1. The number of hydrogen-bond donors (Lipinski definition) is 1. The summed E-state index contributed by atoms with van der Waals surface area (Å²) in [4.78, 5) is 0. The van der Waals surface area contributed by atoms with E-state index in [1.165, 1.54) is 14.1 Å². The Morgan fingerprint density at radius 3 is 2.23 bits per heavy atom. The van der Waals surface area contributed by atoms with E-state index in [4.69, 9.17) is 0 Å². The van der Waals surface area contributed by atoms with Crippen LogP contribution in [0.25, 0.3) is 11.1 Å². The van der Waals surface area contributed by atoms with E-state index in [-0.39, 0.29) is 0 Å². The molecule has 0 bridgehead atoms. The first-order chi connectivity index (χ1) is 12.3. The van der Waals surface area contributed by atoms with Crippen LogP contribution in [0.15, 0.2) is 54.6 Å². The lowest BCUT2D eigenvalue weighted by Crippen LogP contribution is -2.52. The second-order valence-corrected chi connectivity index (χ2v) is 8.93. The maximum absolute atomic E-state index is 16.0. The van der Waals surface area contributed by atoms with Crippen LogP contribution < -0.4 is 4.72 Å². The number of halogens is 1. The van der Waals surface area contributed by atoms with Crippen molar-refractivity contribution in [2.45, 2.75) is 37.4 Å². The van der Waals surface area contributed by atoms with Crippen molar-refractivity contribution in [3.8, 4) is 11.1 Å². The third kappa shape index (κ3) is 3.82. The van der Waals surface area contributed by atoms with E-state index in [0.29, 0.717) is 18.4 Å². The van der Waals surface area contributed by atoms with Gasteiger partial charge < -0.3 is 0 Å². The average Bonchev–Trinajstić information content (AvgIpc) is 2.64. The SMILES string of the molecule is CN(C)S(=O)(=O)N[C@@H]1CCCC[C@@]1(F)c1ccc(-c2ccccc2)cc1. The Labute approximate surface area is 155 Å². The molecular weight excluding hydrogens is 351 g/mol. The molecule has 140 valence electrons. The van der Waals surface area contributed by atoms with Crippen LogP contribution in [0.3, 0.4) is 0 Å². The zero-order chi connectivity index (χ0) is 18.8. The van der Waals surface area contributed by atoms with E-state index < -0.39 is 21.9 Å². The van der Waals surface area contributed by atoms with Gasteiger partial charge in [-0.25, -0.2) is 4.39 Å². The largest absolute Gasteiger partial charge is 0.279 e. The number of rotatable bonds is 5. The van der Waals surface area contributed by atoms with Gasteiger partial charge in [0.25, 0.3) is 10.2 Å². The van der Waals surface area contributed by atoms with Crippen molar-refractivity contribution in [3.05, 3.63) is 60.2 Å². The molecule has 0 heterocycles. The number of alkyl halides is 1. The first kappa shape index (κ1) is 19.0. The normalized spacial score (nSPS) is 23.9. The molecule has 0 aromatic heterocycles. The van der Waals surface area contributed by atoms with Crippen LogP contribution in [0, 0.1) is 0 Å². The van der Waals surface area contributed by atoms with Gasteiger partial charge in [-0.1, -0.05) is 61.0 Å². The first-order valence-corrected chi connectivity index (χ1v) is 10.3. The van der Waals surface area contributed by atoms with Gasteiger partial charge in [-0.15, -0.1) is 0 Å². The molecular formula is C20H25FN2O2S. The highest BCUT2D eigenvalue weighted by Crippen LogP contribution is 2.42. The molecule has 1 N–H and O–H groups in total. The zero-order valence-corrected chi connectivity index (χ0v) is 16.0. The highest BCUT2D eigenvalue weighted by atomic mass is 32.2. The summed E-state index contributed by atoms with van der Waals surface area (Å²) in [7, 11) is -0.796. The molecule has 2 atom stereocenters. The average molecular weight is 376 g/mol. The summed E-state index contributed by atoms with van der Waals surface area (Å²) in [6.45, 7) is 0. The quantitative estimate of drug-likeness (QED) is 0.861. The van der Waals surface area contributed by atoms with Gasteiger partial charge in [0.2, 0.25) is 0 Å². The van der Waals surface area contributed by atoms with Crippen LogP contribution in [0.2, 0.25) is 0 Å². The fourth-order valence-corrected chi connectivity index (χ4v) is 4.36. The van der Waals surface area contributed by atoms with Crippen molar-refractivity contribution in [1.82, 2.24) is 9.03 Å². The van der Waals surface area contributed by atoms with Gasteiger partial charge in [-0.2, -0.15) is 17.4 Å². The van der Waals surface area contributed by atoms with Gasteiger partial charge in [0.15, 0.2) is 5.67 Å². The zero-order valence-electron chi connectivity index (χ0n) is 15.2.